The molecule has 1 aromatic carbocycles. The van der Waals surface area contributed by atoms with Crippen LogP contribution in [0.25, 0.3) is 0 Å². The molecule has 0 spiro atoms. The largest absolute Gasteiger partial charge is 0.380 e. The molecule has 1 N–H and O–H groups in total. The third kappa shape index (κ3) is 2.73. The summed E-state index contributed by atoms with van der Waals surface area (Å²) in [4.78, 5) is 0. The lowest BCUT2D eigenvalue weighted by Gasteiger charge is -2.14. The van der Waals surface area contributed by atoms with Crippen LogP contribution in [0, 0.1) is 11.7 Å². The Balaban J connectivity index is 1.45. The second kappa shape index (κ2) is 5.37. The Kier molecular flexibility index (Phi) is 3.62. The molecule has 1 unspecified atom stereocenters. The first-order valence-corrected chi connectivity index (χ1v) is 6.93. The van der Waals surface area contributed by atoms with Gasteiger partial charge in [0.15, 0.2) is 0 Å². The van der Waals surface area contributed by atoms with E-state index < -0.39 is 0 Å². The second-order valence-electron chi connectivity index (χ2n) is 5.37. The molecule has 0 radical (unpaired) electrons. The highest BCUT2D eigenvalue weighted by Crippen LogP contribution is 2.32. The lowest BCUT2D eigenvalue weighted by molar-refractivity contribution is 0.124. The summed E-state index contributed by atoms with van der Waals surface area (Å²) in [6, 6.07) is 5.70. The van der Waals surface area contributed by atoms with Gasteiger partial charge in [-0.1, -0.05) is 12.1 Å². The van der Waals surface area contributed by atoms with Gasteiger partial charge in [0.1, 0.15) is 5.82 Å². The number of fused-ring (bicyclic) bond motifs is 1. The maximum absolute atomic E-state index is 13.6. The van der Waals surface area contributed by atoms with Crippen LogP contribution in [0.4, 0.5) is 4.39 Å². The molecule has 1 aromatic rings. The first-order chi connectivity index (χ1) is 8.84. The minimum atomic E-state index is -0.0539. The van der Waals surface area contributed by atoms with Crippen molar-refractivity contribution in [2.24, 2.45) is 5.92 Å². The Bertz CT molecular complexity index is 417. The molecule has 2 aliphatic carbocycles. The SMILES string of the molecule is Fc1cccc2c1CCC2NCCOCC1CC1. The monoisotopic (exact) mass is 249 g/mol. The highest BCUT2D eigenvalue weighted by atomic mass is 19.1. The molecule has 1 fully saturated rings. The summed E-state index contributed by atoms with van der Waals surface area (Å²) < 4.78 is 19.1. The van der Waals surface area contributed by atoms with Gasteiger partial charge in [-0.05, 0) is 48.8 Å². The van der Waals surface area contributed by atoms with Crippen molar-refractivity contribution >= 4 is 0 Å². The number of rotatable bonds is 6. The number of ether oxygens (including phenoxy) is 1. The van der Waals surface area contributed by atoms with Crippen molar-refractivity contribution in [3.05, 3.63) is 35.1 Å². The average molecular weight is 249 g/mol. The van der Waals surface area contributed by atoms with E-state index in [1.54, 1.807) is 12.1 Å². The summed E-state index contributed by atoms with van der Waals surface area (Å²) in [6.45, 7) is 2.53. The van der Waals surface area contributed by atoms with Crippen LogP contribution in [0.3, 0.4) is 0 Å². The summed E-state index contributed by atoms with van der Waals surface area (Å²) in [5.74, 6) is 0.771. The van der Waals surface area contributed by atoms with Crippen molar-refractivity contribution in [1.29, 1.82) is 0 Å². The van der Waals surface area contributed by atoms with Crippen molar-refractivity contribution < 1.29 is 9.13 Å². The fraction of sp³-hybridized carbons (Fsp3) is 0.600. The predicted molar refractivity (Wildman–Crippen MR) is 69.0 cm³/mol. The average Bonchev–Trinajstić information content (AvgIpc) is 3.10. The first-order valence-electron chi connectivity index (χ1n) is 6.93. The topological polar surface area (TPSA) is 21.3 Å². The summed E-state index contributed by atoms with van der Waals surface area (Å²) in [7, 11) is 0. The van der Waals surface area contributed by atoms with Crippen LogP contribution in [0.2, 0.25) is 0 Å². The number of hydrogen-bond acceptors (Lipinski definition) is 2. The summed E-state index contributed by atoms with van der Waals surface area (Å²) >= 11 is 0. The zero-order valence-corrected chi connectivity index (χ0v) is 10.6. The van der Waals surface area contributed by atoms with Gasteiger partial charge in [-0.15, -0.1) is 0 Å². The predicted octanol–water partition coefficient (Wildman–Crippen LogP) is 2.83. The van der Waals surface area contributed by atoms with Gasteiger partial charge >= 0.3 is 0 Å². The van der Waals surface area contributed by atoms with E-state index in [0.717, 1.165) is 49.6 Å². The molecule has 1 atom stereocenters. The van der Waals surface area contributed by atoms with Crippen molar-refractivity contribution in [1.82, 2.24) is 5.32 Å². The summed E-state index contributed by atoms with van der Waals surface area (Å²) in [5.41, 5.74) is 2.03. The van der Waals surface area contributed by atoms with Gasteiger partial charge in [-0.2, -0.15) is 0 Å². The summed E-state index contributed by atoms with van der Waals surface area (Å²) in [6.07, 6.45) is 4.52. The first kappa shape index (κ1) is 12.1. The van der Waals surface area contributed by atoms with Crippen LogP contribution in [0.1, 0.15) is 36.4 Å². The zero-order chi connectivity index (χ0) is 12.4. The molecule has 0 aliphatic heterocycles. The van der Waals surface area contributed by atoms with E-state index in [2.05, 4.69) is 5.32 Å². The molecule has 1 saturated carbocycles. The highest BCUT2D eigenvalue weighted by molar-refractivity contribution is 5.35. The zero-order valence-electron chi connectivity index (χ0n) is 10.6. The molecule has 18 heavy (non-hydrogen) atoms. The Morgan fingerprint density at radius 2 is 2.17 bits per heavy atom. The van der Waals surface area contributed by atoms with E-state index in [4.69, 9.17) is 4.74 Å². The van der Waals surface area contributed by atoms with Gasteiger partial charge in [0.2, 0.25) is 0 Å². The normalized spacial score (nSPS) is 22.2. The molecule has 2 nitrogen and oxygen atoms in total. The quantitative estimate of drug-likeness (QED) is 0.783. The third-order valence-electron chi connectivity index (χ3n) is 3.90. The Hall–Kier alpha value is -0.930. The van der Waals surface area contributed by atoms with E-state index in [0.29, 0.717) is 6.04 Å². The van der Waals surface area contributed by atoms with Gasteiger partial charge in [0, 0.05) is 19.2 Å². The Morgan fingerprint density at radius 3 is 3.00 bits per heavy atom. The number of hydrogen-bond donors (Lipinski definition) is 1. The van der Waals surface area contributed by atoms with E-state index in [9.17, 15) is 4.39 Å². The molecular weight excluding hydrogens is 229 g/mol. The van der Waals surface area contributed by atoms with Crippen molar-refractivity contribution in [2.75, 3.05) is 19.8 Å². The van der Waals surface area contributed by atoms with Crippen LogP contribution in [0.15, 0.2) is 18.2 Å². The molecule has 0 saturated heterocycles. The van der Waals surface area contributed by atoms with Gasteiger partial charge < -0.3 is 10.1 Å². The molecule has 0 aromatic heterocycles. The fourth-order valence-electron chi connectivity index (χ4n) is 2.66. The molecule has 0 amide bonds. The van der Waals surface area contributed by atoms with Crippen molar-refractivity contribution in [3.8, 4) is 0 Å². The van der Waals surface area contributed by atoms with Gasteiger partial charge in [0.25, 0.3) is 0 Å². The lowest BCUT2D eigenvalue weighted by Crippen LogP contribution is -2.24. The third-order valence-corrected chi connectivity index (χ3v) is 3.90. The number of nitrogens with one attached hydrogen (secondary N) is 1. The van der Waals surface area contributed by atoms with Crippen LogP contribution in [0.5, 0.6) is 0 Å². The van der Waals surface area contributed by atoms with Crippen molar-refractivity contribution in [2.45, 2.75) is 31.7 Å². The standard InChI is InChI=1S/C15H20FNO/c16-14-3-1-2-13-12(14)6-7-15(13)17-8-9-18-10-11-4-5-11/h1-3,11,15,17H,4-10H2. The van der Waals surface area contributed by atoms with Crippen molar-refractivity contribution in [3.63, 3.8) is 0 Å². The van der Waals surface area contributed by atoms with E-state index in [1.165, 1.54) is 12.8 Å². The van der Waals surface area contributed by atoms with Gasteiger partial charge in [0.05, 0.1) is 6.61 Å². The Morgan fingerprint density at radius 1 is 1.28 bits per heavy atom. The van der Waals surface area contributed by atoms with E-state index in [1.807, 2.05) is 6.07 Å². The highest BCUT2D eigenvalue weighted by Gasteiger charge is 2.24. The van der Waals surface area contributed by atoms with Crippen LogP contribution < -0.4 is 5.32 Å². The maximum atomic E-state index is 13.6. The van der Waals surface area contributed by atoms with E-state index in [-0.39, 0.29) is 5.82 Å². The van der Waals surface area contributed by atoms with Crippen LogP contribution in [-0.4, -0.2) is 19.8 Å². The second-order valence-corrected chi connectivity index (χ2v) is 5.37. The van der Waals surface area contributed by atoms with Gasteiger partial charge in [-0.3, -0.25) is 0 Å². The molecule has 3 rings (SSSR count). The number of benzene rings is 1. The molecule has 0 heterocycles. The minimum absolute atomic E-state index is 0.0539. The van der Waals surface area contributed by atoms with Gasteiger partial charge in [-0.25, -0.2) is 4.39 Å². The van der Waals surface area contributed by atoms with Crippen LogP contribution >= 0.6 is 0 Å². The lowest BCUT2D eigenvalue weighted by atomic mass is 10.1. The smallest absolute Gasteiger partial charge is 0.126 e. The molecule has 2 aliphatic rings. The molecule has 3 heteroatoms. The molecule has 0 bridgehead atoms. The number of halogens is 1. The summed E-state index contributed by atoms with van der Waals surface area (Å²) in [5, 5.41) is 3.47. The Labute approximate surface area is 108 Å². The van der Waals surface area contributed by atoms with Crippen LogP contribution in [-0.2, 0) is 11.2 Å². The molecule has 98 valence electrons. The molecular formula is C15H20FNO. The fourth-order valence-corrected chi connectivity index (χ4v) is 2.66. The minimum Gasteiger partial charge on any atom is -0.380 e. The van der Waals surface area contributed by atoms with E-state index >= 15 is 0 Å². The maximum Gasteiger partial charge on any atom is 0.126 e.